The van der Waals surface area contributed by atoms with Gasteiger partial charge in [-0.2, -0.15) is 0 Å². The summed E-state index contributed by atoms with van der Waals surface area (Å²) in [5.74, 6) is -4.43. The molecule has 3 aromatic carbocycles. The van der Waals surface area contributed by atoms with Crippen LogP contribution in [0.2, 0.25) is 0 Å². The molecule has 0 aromatic heterocycles. The summed E-state index contributed by atoms with van der Waals surface area (Å²) >= 11 is 3.29. The van der Waals surface area contributed by atoms with Gasteiger partial charge in [-0.25, -0.2) is 14.4 Å². The van der Waals surface area contributed by atoms with E-state index in [4.69, 9.17) is 14.2 Å². The minimum atomic E-state index is -2.15. The number of aliphatic carboxylic acids is 1. The molecule has 0 heterocycles. The average molecular weight is 570 g/mol. The first-order chi connectivity index (χ1) is 17.6. The first-order valence-corrected chi connectivity index (χ1v) is 11.8. The molecule has 0 fully saturated rings. The number of hydrogen-bond donors (Lipinski definition) is 2. The molecule has 0 aliphatic carbocycles. The van der Waals surface area contributed by atoms with E-state index < -0.39 is 36.0 Å². The Hall–Kier alpha value is -4.18. The Morgan fingerprint density at radius 3 is 1.73 bits per heavy atom. The second kappa shape index (κ2) is 12.2. The number of carbonyl (C=O) groups excluding carboxylic acids is 3. The van der Waals surface area contributed by atoms with E-state index in [0.29, 0.717) is 4.47 Å². The molecule has 0 aliphatic rings. The van der Waals surface area contributed by atoms with Gasteiger partial charge in [-0.15, -0.1) is 0 Å². The fourth-order valence-electron chi connectivity index (χ4n) is 3.22. The first kappa shape index (κ1) is 27.4. The maximum Gasteiger partial charge on any atom is 0.349 e. The van der Waals surface area contributed by atoms with Crippen molar-refractivity contribution in [2.45, 2.75) is 26.1 Å². The van der Waals surface area contributed by atoms with Crippen molar-refractivity contribution >= 4 is 45.4 Å². The molecule has 37 heavy (non-hydrogen) atoms. The number of nitrogens with one attached hydrogen (secondary N) is 1. The number of carbonyl (C=O) groups is 4. The van der Waals surface area contributed by atoms with Crippen LogP contribution in [0.1, 0.15) is 31.8 Å². The van der Waals surface area contributed by atoms with Gasteiger partial charge in [0.2, 0.25) is 12.2 Å². The maximum absolute atomic E-state index is 13.3. The highest BCUT2D eigenvalue weighted by Crippen LogP contribution is 2.28. The van der Waals surface area contributed by atoms with Crippen LogP contribution < -0.4 is 10.1 Å². The molecule has 10 heteroatoms. The smallest absolute Gasteiger partial charge is 0.349 e. The molecule has 2 atom stereocenters. The van der Waals surface area contributed by atoms with Crippen LogP contribution in [-0.4, -0.2) is 48.2 Å². The van der Waals surface area contributed by atoms with Crippen LogP contribution in [0, 0.1) is 13.8 Å². The van der Waals surface area contributed by atoms with Crippen molar-refractivity contribution < 1.29 is 38.5 Å². The number of hydrogen-bond acceptors (Lipinski definition) is 7. The number of rotatable bonds is 9. The van der Waals surface area contributed by atoms with Crippen molar-refractivity contribution in [3.8, 4) is 5.75 Å². The number of carboxylic acids is 1. The van der Waals surface area contributed by atoms with Gasteiger partial charge in [0, 0.05) is 4.47 Å². The zero-order chi connectivity index (χ0) is 27.1. The van der Waals surface area contributed by atoms with E-state index in [1.54, 1.807) is 36.4 Å². The molecule has 0 radical (unpaired) electrons. The number of ether oxygens (including phenoxy) is 3. The topological polar surface area (TPSA) is 128 Å². The fourth-order valence-corrected chi connectivity index (χ4v) is 3.58. The Morgan fingerprint density at radius 2 is 1.27 bits per heavy atom. The second-order valence-electron chi connectivity index (χ2n) is 8.06. The van der Waals surface area contributed by atoms with Crippen LogP contribution in [0.3, 0.4) is 0 Å². The summed E-state index contributed by atoms with van der Waals surface area (Å²) < 4.78 is 16.3. The molecule has 0 saturated heterocycles. The van der Waals surface area contributed by atoms with Gasteiger partial charge in [0.25, 0.3) is 5.91 Å². The largest absolute Gasteiger partial charge is 0.495 e. The van der Waals surface area contributed by atoms with Crippen molar-refractivity contribution in [2.75, 3.05) is 12.4 Å². The quantitative estimate of drug-likeness (QED) is 0.359. The number of anilines is 1. The normalized spacial score (nSPS) is 12.1. The molecule has 2 N–H and O–H groups in total. The van der Waals surface area contributed by atoms with Gasteiger partial charge >= 0.3 is 17.9 Å². The van der Waals surface area contributed by atoms with E-state index in [-0.39, 0.29) is 22.6 Å². The highest BCUT2D eigenvalue weighted by molar-refractivity contribution is 9.10. The van der Waals surface area contributed by atoms with Gasteiger partial charge < -0.3 is 24.6 Å². The van der Waals surface area contributed by atoms with E-state index in [1.165, 1.54) is 37.4 Å². The second-order valence-corrected chi connectivity index (χ2v) is 8.97. The summed E-state index contributed by atoms with van der Waals surface area (Å²) in [7, 11) is 1.39. The number of benzene rings is 3. The molecule has 3 aromatic rings. The van der Waals surface area contributed by atoms with Crippen molar-refractivity contribution in [1.29, 1.82) is 0 Å². The van der Waals surface area contributed by atoms with E-state index in [0.717, 1.165) is 11.1 Å². The van der Waals surface area contributed by atoms with Crippen LogP contribution in [0.5, 0.6) is 5.75 Å². The lowest BCUT2D eigenvalue weighted by Gasteiger charge is -2.24. The van der Waals surface area contributed by atoms with Crippen molar-refractivity contribution in [3.05, 3.63) is 93.5 Å². The lowest BCUT2D eigenvalue weighted by Crippen LogP contribution is -2.48. The number of methoxy groups -OCH3 is 1. The summed E-state index contributed by atoms with van der Waals surface area (Å²) in [6, 6.07) is 17.2. The van der Waals surface area contributed by atoms with Crippen LogP contribution in [0.25, 0.3) is 0 Å². The molecule has 192 valence electrons. The number of esters is 2. The third-order valence-corrected chi connectivity index (χ3v) is 5.73. The van der Waals surface area contributed by atoms with Gasteiger partial charge in [0.1, 0.15) is 5.75 Å². The minimum absolute atomic E-state index is 0.0644. The predicted octanol–water partition coefficient (Wildman–Crippen LogP) is 4.55. The zero-order valence-corrected chi connectivity index (χ0v) is 21.8. The molecule has 3 rings (SSSR count). The van der Waals surface area contributed by atoms with E-state index in [1.807, 2.05) is 13.8 Å². The summed E-state index contributed by atoms with van der Waals surface area (Å²) in [4.78, 5) is 51.0. The Bertz CT molecular complexity index is 1300. The van der Waals surface area contributed by atoms with Gasteiger partial charge in [-0.1, -0.05) is 51.3 Å². The fraction of sp³-hybridized carbons (Fsp3) is 0.185. The average Bonchev–Trinajstić information content (AvgIpc) is 2.86. The lowest BCUT2D eigenvalue weighted by molar-refractivity contribution is -0.157. The molecule has 0 aliphatic heterocycles. The zero-order valence-electron chi connectivity index (χ0n) is 20.2. The highest BCUT2D eigenvalue weighted by atomic mass is 79.9. The van der Waals surface area contributed by atoms with Crippen LogP contribution in [0.4, 0.5) is 5.69 Å². The molecule has 0 saturated carbocycles. The minimum Gasteiger partial charge on any atom is -0.495 e. The molecule has 0 unspecified atom stereocenters. The standard InChI is InChI=1S/C27H24BrNO8/c1-15-4-8-17(9-5-15)26(33)36-22(24(30)29-20-14-19(28)12-13-21(20)35-3)23(25(31)32)37-27(34)18-10-6-16(2)7-11-18/h4-14,22-23H,1-3H3,(H,29,30)(H,31,32)/t22-,23+/m1/s1. The van der Waals surface area contributed by atoms with Crippen molar-refractivity contribution in [3.63, 3.8) is 0 Å². The number of amides is 1. The van der Waals surface area contributed by atoms with E-state index in [9.17, 15) is 24.3 Å². The van der Waals surface area contributed by atoms with Crippen LogP contribution in [0.15, 0.2) is 71.2 Å². The highest BCUT2D eigenvalue weighted by Gasteiger charge is 2.41. The Morgan fingerprint density at radius 1 is 0.784 bits per heavy atom. The van der Waals surface area contributed by atoms with Crippen LogP contribution >= 0.6 is 15.9 Å². The number of carboxylic acid groups (broad SMARTS) is 1. The van der Waals surface area contributed by atoms with Gasteiger partial charge in [-0.3, -0.25) is 4.79 Å². The molecular formula is C27H24BrNO8. The summed E-state index contributed by atoms with van der Waals surface area (Å²) in [5, 5.41) is 12.4. The van der Waals surface area contributed by atoms with Crippen molar-refractivity contribution in [1.82, 2.24) is 0 Å². The molecular weight excluding hydrogens is 546 g/mol. The lowest BCUT2D eigenvalue weighted by atomic mass is 10.1. The van der Waals surface area contributed by atoms with E-state index >= 15 is 0 Å². The SMILES string of the molecule is COc1ccc(Br)cc1NC(=O)[C@H](OC(=O)c1ccc(C)cc1)[C@H](OC(=O)c1ccc(C)cc1)C(=O)O. The Kier molecular flexibility index (Phi) is 9.02. The van der Waals surface area contributed by atoms with Crippen LogP contribution in [-0.2, 0) is 19.1 Å². The third-order valence-electron chi connectivity index (χ3n) is 5.24. The molecule has 0 spiro atoms. The van der Waals surface area contributed by atoms with E-state index in [2.05, 4.69) is 21.2 Å². The monoisotopic (exact) mass is 569 g/mol. The third kappa shape index (κ3) is 7.17. The van der Waals surface area contributed by atoms with Gasteiger partial charge in [0.05, 0.1) is 23.9 Å². The van der Waals surface area contributed by atoms with Gasteiger partial charge in [-0.05, 0) is 56.3 Å². The first-order valence-electron chi connectivity index (χ1n) is 11.0. The molecule has 9 nitrogen and oxygen atoms in total. The maximum atomic E-state index is 13.3. The Balaban J connectivity index is 1.95. The summed E-state index contributed by atoms with van der Waals surface area (Å²) in [6.07, 6.45) is -4.19. The summed E-state index contributed by atoms with van der Waals surface area (Å²) in [6.45, 7) is 3.64. The molecule has 1 amide bonds. The van der Waals surface area contributed by atoms with Gasteiger partial charge in [0.15, 0.2) is 0 Å². The Labute approximate surface area is 221 Å². The summed E-state index contributed by atoms with van der Waals surface area (Å²) in [5.41, 5.74) is 2.07. The molecule has 0 bridgehead atoms. The number of halogens is 1. The predicted molar refractivity (Wildman–Crippen MR) is 138 cm³/mol. The number of aryl methyl sites for hydroxylation is 2. The van der Waals surface area contributed by atoms with Crippen molar-refractivity contribution in [2.24, 2.45) is 0 Å².